The van der Waals surface area contributed by atoms with Gasteiger partial charge in [0.05, 0.1) is 25.6 Å². The van der Waals surface area contributed by atoms with E-state index in [2.05, 4.69) is 21.1 Å². The van der Waals surface area contributed by atoms with Crippen LogP contribution in [0, 0.1) is 25.6 Å². The summed E-state index contributed by atoms with van der Waals surface area (Å²) in [6.07, 6.45) is -0.565. The summed E-state index contributed by atoms with van der Waals surface area (Å²) >= 11 is 0. The monoisotopic (exact) mass is 596 g/mol. The van der Waals surface area contributed by atoms with Crippen LogP contribution in [0.25, 0.3) is 0 Å². The van der Waals surface area contributed by atoms with E-state index in [0.29, 0.717) is 39.8 Å². The van der Waals surface area contributed by atoms with Crippen molar-refractivity contribution in [2.24, 2.45) is 5.92 Å². The van der Waals surface area contributed by atoms with Gasteiger partial charge in [0.15, 0.2) is 5.76 Å². The highest BCUT2D eigenvalue weighted by molar-refractivity contribution is 6.00. The van der Waals surface area contributed by atoms with Crippen LogP contribution in [-0.4, -0.2) is 76.9 Å². The number of carbonyl (C=O) groups excluding carboxylic acids is 3. The number of ether oxygens (including phenoxy) is 1. The van der Waals surface area contributed by atoms with Gasteiger partial charge >= 0.3 is 12.1 Å². The fraction of sp³-hybridized carbons (Fsp3) is 0.400. The second-order valence-corrected chi connectivity index (χ2v) is 10.8. The van der Waals surface area contributed by atoms with Gasteiger partial charge in [0.2, 0.25) is 5.91 Å². The second kappa shape index (κ2) is 13.6. The lowest BCUT2D eigenvalue weighted by Crippen LogP contribution is -2.48. The van der Waals surface area contributed by atoms with Gasteiger partial charge in [-0.05, 0) is 63.2 Å². The maximum atomic E-state index is 13.5. The zero-order valence-electron chi connectivity index (χ0n) is 24.8. The molecule has 2 aromatic carbocycles. The van der Waals surface area contributed by atoms with Crippen LogP contribution in [0.4, 0.5) is 31.0 Å². The molecule has 0 spiro atoms. The first kappa shape index (κ1) is 31.3. The number of halogens is 1. The average Bonchev–Trinajstić information content (AvgIpc) is 3.30. The van der Waals surface area contributed by atoms with Crippen molar-refractivity contribution in [2.45, 2.75) is 46.3 Å². The Balaban J connectivity index is 1.56. The Morgan fingerprint density at radius 2 is 1.84 bits per heavy atom. The minimum absolute atomic E-state index is 0.0268. The maximum absolute atomic E-state index is 13.5. The number of carbonyl (C=O) groups is 3. The molecule has 5 amide bonds. The molecule has 0 unspecified atom stereocenters. The molecule has 3 atom stereocenters. The lowest BCUT2D eigenvalue weighted by atomic mass is 10.0. The molecule has 0 fully saturated rings. The van der Waals surface area contributed by atoms with E-state index in [9.17, 15) is 23.9 Å². The molecule has 0 radical (unpaired) electrons. The van der Waals surface area contributed by atoms with Gasteiger partial charge in [-0.25, -0.2) is 14.0 Å². The van der Waals surface area contributed by atoms with Crippen molar-refractivity contribution in [3.05, 3.63) is 65.3 Å². The summed E-state index contributed by atoms with van der Waals surface area (Å²) in [6.45, 7) is 7.32. The van der Waals surface area contributed by atoms with Crippen LogP contribution in [0.3, 0.4) is 0 Å². The minimum Gasteiger partial charge on any atom is -0.488 e. The Labute approximate surface area is 249 Å². The molecule has 13 heteroatoms. The molecule has 1 aliphatic rings. The Morgan fingerprint density at radius 1 is 1.14 bits per heavy atom. The lowest BCUT2D eigenvalue weighted by molar-refractivity contribution is -0.134. The molecule has 0 aliphatic carbocycles. The Morgan fingerprint density at radius 3 is 2.49 bits per heavy atom. The van der Waals surface area contributed by atoms with Crippen molar-refractivity contribution >= 4 is 35.0 Å². The van der Waals surface area contributed by atoms with E-state index >= 15 is 0 Å². The Kier molecular flexibility index (Phi) is 9.86. The van der Waals surface area contributed by atoms with Gasteiger partial charge in [0.25, 0.3) is 0 Å². The summed E-state index contributed by atoms with van der Waals surface area (Å²) in [6, 6.07) is 9.09. The number of likely N-dealkylation sites (N-methyl/N-ethyl adjacent to an activating group) is 1. The number of urea groups is 2. The van der Waals surface area contributed by atoms with Gasteiger partial charge in [0.1, 0.15) is 29.1 Å². The first-order chi connectivity index (χ1) is 20.4. The fourth-order valence-corrected chi connectivity index (χ4v) is 4.77. The number of nitrogens with one attached hydrogen (secondary N) is 3. The average molecular weight is 597 g/mol. The summed E-state index contributed by atoms with van der Waals surface area (Å²) in [5.41, 5.74) is 2.42. The molecule has 0 bridgehead atoms. The standard InChI is InChI=1S/C30H37FN6O6/c1-17-14-37(18(2)16-38)27(39)13-21-12-24(32-29(40)34-28-19(3)35-43-20(28)4)10-11-25(21)42-26(17)15-36(5)30(41)33-23-8-6-22(31)7-9-23/h6-12,17-18,26,38H,13-16H2,1-5H3,(H,33,41)(H2,32,34,40)/t17-,18+,26-/m1/s1. The van der Waals surface area contributed by atoms with E-state index in [-0.39, 0.29) is 37.9 Å². The maximum Gasteiger partial charge on any atom is 0.323 e. The minimum atomic E-state index is -0.538. The molecule has 0 saturated carbocycles. The van der Waals surface area contributed by atoms with Crippen molar-refractivity contribution in [3.8, 4) is 5.75 Å². The molecule has 230 valence electrons. The van der Waals surface area contributed by atoms with Gasteiger partial charge in [-0.1, -0.05) is 12.1 Å². The van der Waals surface area contributed by atoms with E-state index in [4.69, 9.17) is 9.26 Å². The van der Waals surface area contributed by atoms with Gasteiger partial charge in [-0.3, -0.25) is 4.79 Å². The smallest absolute Gasteiger partial charge is 0.323 e. The summed E-state index contributed by atoms with van der Waals surface area (Å²) in [5, 5.41) is 21.9. The third-order valence-corrected chi connectivity index (χ3v) is 7.34. The fourth-order valence-electron chi connectivity index (χ4n) is 4.77. The Hall–Kier alpha value is -4.65. The van der Waals surface area contributed by atoms with Crippen molar-refractivity contribution in [1.82, 2.24) is 15.0 Å². The van der Waals surface area contributed by atoms with Crippen LogP contribution >= 0.6 is 0 Å². The molecule has 2 heterocycles. The third kappa shape index (κ3) is 7.80. The largest absolute Gasteiger partial charge is 0.488 e. The predicted octanol–water partition coefficient (Wildman–Crippen LogP) is 4.39. The summed E-state index contributed by atoms with van der Waals surface area (Å²) < 4.78 is 24.8. The van der Waals surface area contributed by atoms with Crippen LogP contribution in [-0.2, 0) is 11.2 Å². The number of hydrogen-bond donors (Lipinski definition) is 4. The number of benzene rings is 2. The van der Waals surface area contributed by atoms with E-state index in [1.807, 2.05) is 6.92 Å². The van der Waals surface area contributed by atoms with Gasteiger partial charge < -0.3 is 40.1 Å². The van der Waals surface area contributed by atoms with E-state index in [1.165, 1.54) is 29.2 Å². The van der Waals surface area contributed by atoms with Crippen molar-refractivity contribution < 1.29 is 33.1 Å². The highest BCUT2D eigenvalue weighted by Gasteiger charge is 2.32. The number of aromatic nitrogens is 1. The first-order valence-corrected chi connectivity index (χ1v) is 13.9. The van der Waals surface area contributed by atoms with Crippen molar-refractivity contribution in [1.29, 1.82) is 0 Å². The van der Waals surface area contributed by atoms with Gasteiger partial charge in [-0.2, -0.15) is 0 Å². The SMILES string of the molecule is Cc1noc(C)c1NC(=O)Nc1ccc2c(c1)CC(=O)N([C@@H](C)CO)C[C@@H](C)[C@@H](CN(C)C(=O)Nc1ccc(F)cc1)O2. The van der Waals surface area contributed by atoms with E-state index < -0.39 is 30.0 Å². The molecule has 43 heavy (non-hydrogen) atoms. The number of amides is 5. The zero-order valence-corrected chi connectivity index (χ0v) is 24.8. The molecule has 1 aliphatic heterocycles. The summed E-state index contributed by atoms with van der Waals surface area (Å²) in [5.74, 6) is 0.0547. The topological polar surface area (TPSA) is 149 Å². The van der Waals surface area contributed by atoms with Gasteiger partial charge in [0, 0.05) is 36.4 Å². The number of fused-ring (bicyclic) bond motifs is 1. The summed E-state index contributed by atoms with van der Waals surface area (Å²) in [7, 11) is 1.62. The molecular weight excluding hydrogens is 559 g/mol. The highest BCUT2D eigenvalue weighted by Crippen LogP contribution is 2.29. The molecule has 3 aromatic rings. The highest BCUT2D eigenvalue weighted by atomic mass is 19.1. The zero-order chi connectivity index (χ0) is 31.3. The second-order valence-electron chi connectivity index (χ2n) is 10.8. The van der Waals surface area contributed by atoms with Crippen molar-refractivity contribution in [2.75, 3.05) is 42.7 Å². The van der Waals surface area contributed by atoms with Crippen LogP contribution in [0.15, 0.2) is 47.0 Å². The van der Waals surface area contributed by atoms with E-state index in [1.54, 1.807) is 50.9 Å². The summed E-state index contributed by atoms with van der Waals surface area (Å²) in [4.78, 5) is 42.2. The number of hydrogen-bond acceptors (Lipinski definition) is 7. The van der Waals surface area contributed by atoms with Crippen LogP contribution in [0.2, 0.25) is 0 Å². The molecule has 1 aromatic heterocycles. The van der Waals surface area contributed by atoms with Crippen LogP contribution in [0.5, 0.6) is 5.75 Å². The Bertz CT molecular complexity index is 1440. The first-order valence-electron chi connectivity index (χ1n) is 13.9. The normalized spacial score (nSPS) is 17.5. The van der Waals surface area contributed by atoms with Crippen LogP contribution in [0.1, 0.15) is 30.9 Å². The van der Waals surface area contributed by atoms with Crippen LogP contribution < -0.4 is 20.7 Å². The van der Waals surface area contributed by atoms with E-state index in [0.717, 1.165) is 0 Å². The number of aliphatic hydroxyl groups is 1. The molecule has 4 rings (SSSR count). The number of aliphatic hydroxyl groups excluding tert-OH is 1. The number of aryl methyl sites for hydroxylation is 2. The molecule has 0 saturated heterocycles. The number of nitrogens with zero attached hydrogens (tertiary/aromatic N) is 3. The predicted molar refractivity (Wildman–Crippen MR) is 159 cm³/mol. The molecular formula is C30H37FN6O6. The van der Waals surface area contributed by atoms with Gasteiger partial charge in [-0.15, -0.1) is 0 Å². The number of rotatable bonds is 7. The quantitative estimate of drug-likeness (QED) is 0.316. The third-order valence-electron chi connectivity index (χ3n) is 7.34. The van der Waals surface area contributed by atoms with Crippen molar-refractivity contribution in [3.63, 3.8) is 0 Å². The number of anilines is 3. The lowest BCUT2D eigenvalue weighted by Gasteiger charge is -2.34. The molecule has 12 nitrogen and oxygen atoms in total. The molecule has 4 N–H and O–H groups in total.